The minimum atomic E-state index is 0.224. The van der Waals surface area contributed by atoms with Crippen molar-refractivity contribution in [2.75, 3.05) is 7.05 Å². The molecule has 0 aliphatic rings. The summed E-state index contributed by atoms with van der Waals surface area (Å²) in [5, 5.41) is 3.24. The summed E-state index contributed by atoms with van der Waals surface area (Å²) in [6.45, 7) is 4.17. The van der Waals surface area contributed by atoms with Gasteiger partial charge in [0, 0.05) is 16.1 Å². The maximum Gasteiger partial charge on any atom is 0.141 e. The molecular weight excluding hydrogens is 382 g/mol. The largest absolute Gasteiger partial charge is 0.456 e. The van der Waals surface area contributed by atoms with E-state index in [2.05, 4.69) is 63.2 Å². The second kappa shape index (κ2) is 6.74. The number of nitrogens with one attached hydrogen (secondary N) is 1. The number of ether oxygens (including phenoxy) is 1. The first-order chi connectivity index (χ1) is 9.51. The molecule has 0 amide bonds. The van der Waals surface area contributed by atoms with Crippen molar-refractivity contribution >= 4 is 31.9 Å². The van der Waals surface area contributed by atoms with Gasteiger partial charge in [0.25, 0.3) is 0 Å². The monoisotopic (exact) mass is 397 g/mol. The van der Waals surface area contributed by atoms with Gasteiger partial charge in [0.2, 0.25) is 0 Å². The first-order valence-electron chi connectivity index (χ1n) is 6.42. The Bertz CT molecular complexity index is 613. The van der Waals surface area contributed by atoms with E-state index in [1.54, 1.807) is 0 Å². The molecule has 106 valence electrons. The molecule has 0 saturated heterocycles. The fourth-order valence-corrected chi connectivity index (χ4v) is 2.83. The smallest absolute Gasteiger partial charge is 0.141 e. The van der Waals surface area contributed by atoms with Gasteiger partial charge in [-0.25, -0.2) is 0 Å². The van der Waals surface area contributed by atoms with Gasteiger partial charge in [-0.15, -0.1) is 0 Å². The van der Waals surface area contributed by atoms with Crippen LogP contribution >= 0.6 is 31.9 Å². The molecule has 0 heterocycles. The van der Waals surface area contributed by atoms with Crippen molar-refractivity contribution in [2.24, 2.45) is 0 Å². The van der Waals surface area contributed by atoms with Gasteiger partial charge < -0.3 is 10.1 Å². The molecule has 2 rings (SSSR count). The van der Waals surface area contributed by atoms with Crippen LogP contribution in [0.4, 0.5) is 0 Å². The summed E-state index contributed by atoms with van der Waals surface area (Å²) >= 11 is 7.05. The third-order valence-electron chi connectivity index (χ3n) is 3.18. The Morgan fingerprint density at radius 1 is 1.05 bits per heavy atom. The highest BCUT2D eigenvalue weighted by molar-refractivity contribution is 9.10. The molecule has 0 radical (unpaired) electrons. The Morgan fingerprint density at radius 2 is 1.80 bits per heavy atom. The Balaban J connectivity index is 2.39. The van der Waals surface area contributed by atoms with Crippen LogP contribution in [-0.4, -0.2) is 7.05 Å². The third-order valence-corrected chi connectivity index (χ3v) is 4.30. The highest BCUT2D eigenvalue weighted by atomic mass is 79.9. The van der Waals surface area contributed by atoms with Crippen molar-refractivity contribution in [1.29, 1.82) is 0 Å². The average molecular weight is 399 g/mol. The number of halogens is 2. The molecule has 0 saturated carbocycles. The Labute approximate surface area is 136 Å². The van der Waals surface area contributed by atoms with Crippen LogP contribution < -0.4 is 10.1 Å². The summed E-state index contributed by atoms with van der Waals surface area (Å²) < 4.78 is 8.04. The van der Waals surface area contributed by atoms with Crippen LogP contribution in [-0.2, 0) is 0 Å². The topological polar surface area (TPSA) is 21.3 Å². The second-order valence-corrected chi connectivity index (χ2v) is 6.50. The summed E-state index contributed by atoms with van der Waals surface area (Å²) in [5.74, 6) is 1.67. The van der Waals surface area contributed by atoms with Crippen LogP contribution in [0.5, 0.6) is 11.5 Å². The molecule has 1 unspecified atom stereocenters. The van der Waals surface area contributed by atoms with Gasteiger partial charge in [-0.3, -0.25) is 0 Å². The average Bonchev–Trinajstić information content (AvgIpc) is 2.41. The molecule has 0 aromatic heterocycles. The zero-order valence-electron chi connectivity index (χ0n) is 11.7. The van der Waals surface area contributed by atoms with Gasteiger partial charge in [0.15, 0.2) is 0 Å². The van der Waals surface area contributed by atoms with Crippen LogP contribution in [0.15, 0.2) is 45.3 Å². The number of benzene rings is 2. The van der Waals surface area contributed by atoms with Crippen LogP contribution in [0.2, 0.25) is 0 Å². The zero-order valence-corrected chi connectivity index (χ0v) is 14.9. The summed E-state index contributed by atoms with van der Waals surface area (Å²) in [6, 6.07) is 12.4. The predicted molar refractivity (Wildman–Crippen MR) is 90.6 cm³/mol. The Kier molecular flexibility index (Phi) is 5.24. The van der Waals surface area contributed by atoms with Gasteiger partial charge in [-0.05, 0) is 66.7 Å². The van der Waals surface area contributed by atoms with Gasteiger partial charge >= 0.3 is 0 Å². The Morgan fingerprint density at radius 3 is 2.45 bits per heavy atom. The predicted octanol–water partition coefficient (Wildman–Crippen LogP) is 5.59. The number of rotatable bonds is 4. The maximum absolute atomic E-state index is 6.08. The minimum absolute atomic E-state index is 0.224. The van der Waals surface area contributed by atoms with Crippen molar-refractivity contribution in [3.05, 3.63) is 56.5 Å². The van der Waals surface area contributed by atoms with E-state index in [1.807, 2.05) is 31.3 Å². The summed E-state index contributed by atoms with van der Waals surface area (Å²) in [7, 11) is 1.94. The summed E-state index contributed by atoms with van der Waals surface area (Å²) in [6.07, 6.45) is 0. The lowest BCUT2D eigenvalue weighted by Crippen LogP contribution is -2.13. The van der Waals surface area contributed by atoms with Gasteiger partial charge in [0.05, 0.1) is 4.47 Å². The SMILES string of the molecule is CNC(C)c1ccc(Br)cc1Oc1ccc(C)cc1Br. The molecule has 1 atom stereocenters. The molecule has 0 bridgehead atoms. The first-order valence-corrected chi connectivity index (χ1v) is 8.00. The highest BCUT2D eigenvalue weighted by Gasteiger charge is 2.12. The molecule has 20 heavy (non-hydrogen) atoms. The lowest BCUT2D eigenvalue weighted by atomic mass is 10.1. The maximum atomic E-state index is 6.08. The van der Waals surface area contributed by atoms with Crippen molar-refractivity contribution in [1.82, 2.24) is 5.32 Å². The molecule has 0 aliphatic heterocycles. The number of hydrogen-bond donors (Lipinski definition) is 1. The third kappa shape index (κ3) is 3.62. The van der Waals surface area contributed by atoms with Crippen LogP contribution in [0.25, 0.3) is 0 Å². The molecular formula is C16H17Br2NO. The van der Waals surface area contributed by atoms with Gasteiger partial charge in [-0.2, -0.15) is 0 Å². The van der Waals surface area contributed by atoms with Gasteiger partial charge in [0.1, 0.15) is 11.5 Å². The molecule has 0 fully saturated rings. The first kappa shape index (κ1) is 15.5. The van der Waals surface area contributed by atoms with Crippen molar-refractivity contribution < 1.29 is 4.74 Å². The van der Waals surface area contributed by atoms with E-state index in [0.29, 0.717) is 0 Å². The van der Waals surface area contributed by atoms with E-state index >= 15 is 0 Å². The summed E-state index contributed by atoms with van der Waals surface area (Å²) in [5.41, 5.74) is 2.32. The fraction of sp³-hybridized carbons (Fsp3) is 0.250. The van der Waals surface area contributed by atoms with Crippen LogP contribution in [0, 0.1) is 6.92 Å². The lowest BCUT2D eigenvalue weighted by molar-refractivity contribution is 0.463. The standard InChI is InChI=1S/C16H17Br2NO/c1-10-4-7-15(14(18)8-10)20-16-9-12(17)5-6-13(16)11(2)19-3/h4-9,11,19H,1-3H3. The van der Waals surface area contributed by atoms with Gasteiger partial charge in [-0.1, -0.05) is 28.1 Å². The van der Waals surface area contributed by atoms with E-state index in [-0.39, 0.29) is 6.04 Å². The molecule has 0 aliphatic carbocycles. The van der Waals surface area contributed by atoms with E-state index < -0.39 is 0 Å². The molecule has 1 N–H and O–H groups in total. The normalized spacial score (nSPS) is 12.2. The zero-order chi connectivity index (χ0) is 14.7. The van der Waals surface area contributed by atoms with Crippen molar-refractivity contribution in [2.45, 2.75) is 19.9 Å². The Hall–Kier alpha value is -0.840. The van der Waals surface area contributed by atoms with Crippen LogP contribution in [0.3, 0.4) is 0 Å². The molecule has 2 nitrogen and oxygen atoms in total. The second-order valence-electron chi connectivity index (χ2n) is 4.73. The lowest BCUT2D eigenvalue weighted by Gasteiger charge is -2.17. The van der Waals surface area contributed by atoms with E-state index in [0.717, 1.165) is 26.0 Å². The molecule has 2 aromatic rings. The van der Waals surface area contributed by atoms with Crippen LogP contribution in [0.1, 0.15) is 24.1 Å². The number of hydrogen-bond acceptors (Lipinski definition) is 2. The van der Waals surface area contributed by atoms with Crippen molar-refractivity contribution in [3.63, 3.8) is 0 Å². The van der Waals surface area contributed by atoms with E-state index in [9.17, 15) is 0 Å². The quantitative estimate of drug-likeness (QED) is 0.724. The number of aryl methyl sites for hydroxylation is 1. The summed E-state index contributed by atoms with van der Waals surface area (Å²) in [4.78, 5) is 0. The van der Waals surface area contributed by atoms with Crippen molar-refractivity contribution in [3.8, 4) is 11.5 Å². The molecule has 4 heteroatoms. The molecule has 0 spiro atoms. The van der Waals surface area contributed by atoms with E-state index in [1.165, 1.54) is 5.56 Å². The van der Waals surface area contributed by atoms with E-state index in [4.69, 9.17) is 4.74 Å². The minimum Gasteiger partial charge on any atom is -0.456 e. The highest BCUT2D eigenvalue weighted by Crippen LogP contribution is 2.35. The fourth-order valence-electron chi connectivity index (χ4n) is 1.92. The molecule has 2 aromatic carbocycles.